The Morgan fingerprint density at radius 3 is 1.89 bits per heavy atom. The van der Waals surface area contributed by atoms with Crippen molar-refractivity contribution in [3.63, 3.8) is 0 Å². The third-order valence-electron chi connectivity index (χ3n) is 6.03. The quantitative estimate of drug-likeness (QED) is 0.247. The largest absolute Gasteiger partial charge is 0.347 e. The number of rotatable bonds is 9. The molecule has 3 aromatic carbocycles. The van der Waals surface area contributed by atoms with Crippen LogP contribution in [0.5, 0.6) is 0 Å². The fourth-order valence-corrected chi connectivity index (χ4v) is 4.38. The zero-order valence-corrected chi connectivity index (χ0v) is 20.8. The molecule has 0 radical (unpaired) electrons. The molecule has 3 aromatic rings. The Morgan fingerprint density at radius 1 is 0.771 bits per heavy atom. The van der Waals surface area contributed by atoms with E-state index in [2.05, 4.69) is 16.0 Å². The number of hydrogen-bond donors (Lipinski definition) is 3. The summed E-state index contributed by atoms with van der Waals surface area (Å²) in [6, 6.07) is 21.2. The first kappa shape index (κ1) is 25.8. The summed E-state index contributed by atoms with van der Waals surface area (Å²) in [5.41, 5.74) is 5.11. The van der Waals surface area contributed by atoms with E-state index in [9.17, 15) is 14.4 Å². The first-order valence-corrected chi connectivity index (χ1v) is 11.9. The lowest BCUT2D eigenvalue weighted by Crippen LogP contribution is -2.39. The second-order valence-electron chi connectivity index (χ2n) is 8.57. The molecule has 0 heterocycles. The number of Topliss-reactive ketones (excluding diaryl/α,β-unsaturated/α-hetero) is 1. The normalized spacial score (nSPS) is 10.8. The van der Waals surface area contributed by atoms with E-state index < -0.39 is 17.7 Å². The number of benzene rings is 3. The van der Waals surface area contributed by atoms with Crippen LogP contribution in [0.1, 0.15) is 51.0 Å². The molecule has 0 aliphatic rings. The summed E-state index contributed by atoms with van der Waals surface area (Å²) >= 11 is 0. The summed E-state index contributed by atoms with van der Waals surface area (Å²) in [6.45, 7) is 9.27. The number of amides is 2. The van der Waals surface area contributed by atoms with Gasteiger partial charge in [-0.3, -0.25) is 14.4 Å². The maximum atomic E-state index is 14.1. The lowest BCUT2D eigenvalue weighted by Gasteiger charge is -2.22. The molecule has 182 valence electrons. The molecule has 3 rings (SSSR count). The van der Waals surface area contributed by atoms with Gasteiger partial charge in [-0.1, -0.05) is 73.7 Å². The van der Waals surface area contributed by atoms with Crippen LogP contribution in [0.4, 0.5) is 5.69 Å². The molecule has 0 unspecified atom stereocenters. The summed E-state index contributed by atoms with van der Waals surface area (Å²) in [6.07, 6.45) is 0. The maximum absolute atomic E-state index is 14.1. The van der Waals surface area contributed by atoms with Crippen LogP contribution in [0, 0.1) is 20.8 Å². The first-order valence-electron chi connectivity index (χ1n) is 11.9. The van der Waals surface area contributed by atoms with E-state index in [1.807, 2.05) is 94.4 Å². The average Bonchev–Trinajstić information content (AvgIpc) is 2.85. The van der Waals surface area contributed by atoms with Crippen molar-refractivity contribution in [2.45, 2.75) is 33.6 Å². The number of aryl methyl sites for hydroxylation is 2. The number of carbonyl (C=O) groups is 3. The Labute approximate surface area is 207 Å². The highest BCUT2D eigenvalue weighted by atomic mass is 16.2. The SMILES string of the molecule is CCNCCNC(=O)C(=O)Nc1c(C)cc(C)c(C(=O)C(c2ccccc2)c2ccccc2)c1C. The predicted molar refractivity (Wildman–Crippen MR) is 140 cm³/mol. The second-order valence-corrected chi connectivity index (χ2v) is 8.57. The van der Waals surface area contributed by atoms with Crippen molar-refractivity contribution < 1.29 is 14.4 Å². The third kappa shape index (κ3) is 6.22. The van der Waals surface area contributed by atoms with Crippen LogP contribution in [0.15, 0.2) is 66.7 Å². The van der Waals surface area contributed by atoms with Crippen molar-refractivity contribution in [2.24, 2.45) is 0 Å². The van der Waals surface area contributed by atoms with E-state index >= 15 is 0 Å². The Morgan fingerprint density at radius 2 is 1.34 bits per heavy atom. The first-order chi connectivity index (χ1) is 16.8. The fraction of sp³-hybridized carbons (Fsp3) is 0.276. The van der Waals surface area contributed by atoms with Crippen LogP contribution in [0.3, 0.4) is 0 Å². The molecular weight excluding hydrogens is 438 g/mol. The second kappa shape index (κ2) is 12.1. The van der Waals surface area contributed by atoms with E-state index in [0.717, 1.165) is 28.8 Å². The van der Waals surface area contributed by atoms with Gasteiger partial charge in [-0.15, -0.1) is 0 Å². The molecule has 0 saturated carbocycles. The van der Waals surface area contributed by atoms with Crippen LogP contribution in [0.25, 0.3) is 0 Å². The standard InChI is InChI=1S/C29H33N3O3/c1-5-30-16-17-31-28(34)29(35)32-26-20(3)18-19(2)24(21(26)4)27(33)25(22-12-8-6-9-13-22)23-14-10-7-11-15-23/h6-15,18,25,30H,5,16-17H2,1-4H3,(H,31,34)(H,32,35). The molecule has 6 heteroatoms. The lowest BCUT2D eigenvalue weighted by atomic mass is 9.81. The highest BCUT2D eigenvalue weighted by Gasteiger charge is 2.28. The van der Waals surface area contributed by atoms with Crippen molar-refractivity contribution in [3.05, 3.63) is 100 Å². The fourth-order valence-electron chi connectivity index (χ4n) is 4.38. The molecule has 0 saturated heterocycles. The van der Waals surface area contributed by atoms with Gasteiger partial charge in [-0.05, 0) is 55.1 Å². The molecule has 0 fully saturated rings. The number of hydrogen-bond acceptors (Lipinski definition) is 4. The Hall–Kier alpha value is -3.77. The highest BCUT2D eigenvalue weighted by molar-refractivity contribution is 6.39. The van der Waals surface area contributed by atoms with Gasteiger partial charge in [0.25, 0.3) is 0 Å². The summed E-state index contributed by atoms with van der Waals surface area (Å²) in [4.78, 5) is 38.9. The molecule has 0 spiro atoms. The average molecular weight is 472 g/mol. The van der Waals surface area contributed by atoms with Gasteiger partial charge < -0.3 is 16.0 Å². The van der Waals surface area contributed by atoms with Crippen LogP contribution in [0.2, 0.25) is 0 Å². The van der Waals surface area contributed by atoms with Crippen LogP contribution >= 0.6 is 0 Å². The van der Waals surface area contributed by atoms with E-state index in [0.29, 0.717) is 29.9 Å². The van der Waals surface area contributed by atoms with Gasteiger partial charge in [0.1, 0.15) is 0 Å². The number of ketones is 1. The molecular formula is C29H33N3O3. The minimum Gasteiger partial charge on any atom is -0.347 e. The van der Waals surface area contributed by atoms with E-state index in [1.54, 1.807) is 0 Å². The van der Waals surface area contributed by atoms with Gasteiger partial charge >= 0.3 is 11.8 Å². The Kier molecular flexibility index (Phi) is 8.92. The zero-order valence-electron chi connectivity index (χ0n) is 20.8. The molecule has 3 N–H and O–H groups in total. The number of carbonyl (C=O) groups excluding carboxylic acids is 3. The summed E-state index contributed by atoms with van der Waals surface area (Å²) < 4.78 is 0. The third-order valence-corrected chi connectivity index (χ3v) is 6.03. The number of likely N-dealkylation sites (N-methyl/N-ethyl adjacent to an activating group) is 1. The lowest BCUT2D eigenvalue weighted by molar-refractivity contribution is -0.136. The smallest absolute Gasteiger partial charge is 0.313 e. The Balaban J connectivity index is 1.96. The van der Waals surface area contributed by atoms with Crippen molar-refractivity contribution in [1.29, 1.82) is 0 Å². The molecule has 0 aliphatic carbocycles. The zero-order chi connectivity index (χ0) is 25.4. The number of nitrogens with one attached hydrogen (secondary N) is 3. The topological polar surface area (TPSA) is 87.3 Å². The maximum Gasteiger partial charge on any atom is 0.313 e. The van der Waals surface area contributed by atoms with Gasteiger partial charge in [0.05, 0.1) is 5.92 Å². The molecule has 0 aliphatic heterocycles. The molecule has 0 bridgehead atoms. The van der Waals surface area contributed by atoms with E-state index in [1.165, 1.54) is 0 Å². The molecule has 2 amide bonds. The summed E-state index contributed by atoms with van der Waals surface area (Å²) in [5.74, 6) is -2.00. The minimum absolute atomic E-state index is 0.0528. The summed E-state index contributed by atoms with van der Waals surface area (Å²) in [7, 11) is 0. The van der Waals surface area contributed by atoms with Crippen molar-refractivity contribution >= 4 is 23.3 Å². The molecule has 0 aromatic heterocycles. The van der Waals surface area contributed by atoms with Gasteiger partial charge in [-0.25, -0.2) is 0 Å². The van der Waals surface area contributed by atoms with Crippen molar-refractivity contribution in [1.82, 2.24) is 10.6 Å². The molecule has 35 heavy (non-hydrogen) atoms. The van der Waals surface area contributed by atoms with E-state index in [-0.39, 0.29) is 5.78 Å². The van der Waals surface area contributed by atoms with Crippen LogP contribution in [-0.4, -0.2) is 37.2 Å². The monoisotopic (exact) mass is 471 g/mol. The Bertz CT molecular complexity index is 1150. The van der Waals surface area contributed by atoms with Gasteiger partial charge in [0.2, 0.25) is 0 Å². The van der Waals surface area contributed by atoms with Gasteiger partial charge in [0, 0.05) is 24.3 Å². The van der Waals surface area contributed by atoms with E-state index in [4.69, 9.17) is 0 Å². The van der Waals surface area contributed by atoms with Crippen molar-refractivity contribution in [3.8, 4) is 0 Å². The minimum atomic E-state index is -0.752. The molecule has 0 atom stereocenters. The van der Waals surface area contributed by atoms with Crippen molar-refractivity contribution in [2.75, 3.05) is 25.0 Å². The van der Waals surface area contributed by atoms with Gasteiger partial charge in [-0.2, -0.15) is 0 Å². The molecule has 6 nitrogen and oxygen atoms in total. The predicted octanol–water partition coefficient (Wildman–Crippen LogP) is 4.29. The van der Waals surface area contributed by atoms with Crippen LogP contribution in [-0.2, 0) is 9.59 Å². The highest BCUT2D eigenvalue weighted by Crippen LogP contribution is 2.34. The van der Waals surface area contributed by atoms with Crippen LogP contribution < -0.4 is 16.0 Å². The number of anilines is 1. The van der Waals surface area contributed by atoms with Gasteiger partial charge in [0.15, 0.2) is 5.78 Å². The summed E-state index contributed by atoms with van der Waals surface area (Å²) in [5, 5.41) is 8.43.